The summed E-state index contributed by atoms with van der Waals surface area (Å²) in [5.74, 6) is -0.262. The molecule has 0 saturated heterocycles. The monoisotopic (exact) mass is 286 g/mol. The van der Waals surface area contributed by atoms with Gasteiger partial charge in [-0.25, -0.2) is 0 Å². The minimum Gasteiger partial charge on any atom is -0.380 e. The summed E-state index contributed by atoms with van der Waals surface area (Å²) in [4.78, 5) is 12.2. The summed E-state index contributed by atoms with van der Waals surface area (Å²) in [5, 5.41) is 14.4. The molecule has 0 aromatic heterocycles. The van der Waals surface area contributed by atoms with E-state index in [1.54, 1.807) is 0 Å². The molecule has 4 rings (SSSR count). The number of aliphatic hydroxyl groups excluding tert-OH is 1. The molecule has 1 unspecified atom stereocenters. The van der Waals surface area contributed by atoms with Crippen LogP contribution in [0.3, 0.4) is 0 Å². The van der Waals surface area contributed by atoms with Gasteiger partial charge in [-0.3, -0.25) is 4.79 Å². The molecule has 2 heteroatoms. The number of Topliss-reactive ketones (excluding diaryl/α,β-unsaturated/α-hetero) is 1. The smallest absolute Gasteiger partial charge is 0.189 e. The highest BCUT2D eigenvalue weighted by Gasteiger charge is 2.24. The quantitative estimate of drug-likeness (QED) is 0.740. The topological polar surface area (TPSA) is 37.3 Å². The van der Waals surface area contributed by atoms with E-state index in [2.05, 4.69) is 0 Å². The number of carbonyl (C=O) groups is 1. The van der Waals surface area contributed by atoms with E-state index in [0.717, 1.165) is 26.8 Å². The van der Waals surface area contributed by atoms with Crippen LogP contribution in [0, 0.1) is 0 Å². The fourth-order valence-corrected chi connectivity index (χ4v) is 3.14. The van der Waals surface area contributed by atoms with Crippen LogP contribution in [0.5, 0.6) is 0 Å². The Morgan fingerprint density at radius 2 is 1.55 bits per heavy atom. The van der Waals surface area contributed by atoms with Crippen molar-refractivity contribution in [1.29, 1.82) is 0 Å². The fourth-order valence-electron chi connectivity index (χ4n) is 3.14. The number of carbonyl (C=O) groups excluding carboxylic acids is 1. The molecular formula is C20H14O2. The van der Waals surface area contributed by atoms with Crippen molar-refractivity contribution in [3.05, 3.63) is 82.7 Å². The molecule has 0 fully saturated rings. The lowest BCUT2D eigenvalue weighted by molar-refractivity contribution is -0.118. The van der Waals surface area contributed by atoms with Crippen molar-refractivity contribution in [2.45, 2.75) is 6.10 Å². The molecule has 0 aliphatic heterocycles. The average molecular weight is 286 g/mol. The van der Waals surface area contributed by atoms with Crippen LogP contribution in [0.15, 0.2) is 66.7 Å². The maximum Gasteiger partial charge on any atom is 0.189 e. The highest BCUT2D eigenvalue weighted by molar-refractivity contribution is 6.16. The van der Waals surface area contributed by atoms with E-state index in [9.17, 15) is 9.90 Å². The van der Waals surface area contributed by atoms with Crippen molar-refractivity contribution in [2.24, 2.45) is 0 Å². The molecule has 22 heavy (non-hydrogen) atoms. The zero-order valence-corrected chi connectivity index (χ0v) is 11.9. The number of fused-ring (bicyclic) bond motifs is 2. The second kappa shape index (κ2) is 4.93. The third-order valence-corrected chi connectivity index (χ3v) is 4.17. The Hall–Kier alpha value is -2.71. The van der Waals surface area contributed by atoms with Gasteiger partial charge in [-0.05, 0) is 32.8 Å². The Kier molecular flexibility index (Phi) is 2.91. The minimum atomic E-state index is -1.11. The Morgan fingerprint density at radius 3 is 2.45 bits per heavy atom. The van der Waals surface area contributed by atoms with E-state index in [1.807, 2.05) is 66.7 Å². The molecule has 0 heterocycles. The third-order valence-electron chi connectivity index (χ3n) is 4.17. The lowest BCUT2D eigenvalue weighted by Gasteiger charge is -2.18. The number of hydrogen-bond donors (Lipinski definition) is 1. The second-order valence-electron chi connectivity index (χ2n) is 5.48. The van der Waals surface area contributed by atoms with Crippen LogP contribution in [0.25, 0.3) is 22.4 Å². The van der Waals surface area contributed by atoms with E-state index < -0.39 is 6.10 Å². The lowest BCUT2D eigenvalue weighted by atomic mass is 9.88. The number of rotatable bonds is 1. The summed E-state index contributed by atoms with van der Waals surface area (Å²) in [6.07, 6.45) is 0.412. The van der Waals surface area contributed by atoms with Crippen LogP contribution in [0.4, 0.5) is 0 Å². The van der Waals surface area contributed by atoms with Gasteiger partial charge in [0.05, 0.1) is 0 Å². The van der Waals surface area contributed by atoms with Gasteiger partial charge in [0, 0.05) is 5.57 Å². The molecule has 3 aromatic carbocycles. The summed E-state index contributed by atoms with van der Waals surface area (Å²) in [6.45, 7) is 0. The largest absolute Gasteiger partial charge is 0.380 e. The molecule has 0 amide bonds. The molecule has 1 aliphatic rings. The predicted octanol–water partition coefficient (Wildman–Crippen LogP) is 1.76. The summed E-state index contributed by atoms with van der Waals surface area (Å²) >= 11 is 0. The minimum absolute atomic E-state index is 0.262. The van der Waals surface area contributed by atoms with E-state index in [1.165, 1.54) is 6.08 Å². The normalized spacial score (nSPS) is 17.2. The molecule has 1 N–H and O–H groups in total. The standard InChI is InChI=1S/C20H14O2/c21-18-12-14-7-2-4-10-16(14)19(20(18)22)17-11-5-8-13-6-1-3-9-15(13)17/h1-12,20,22H. The molecule has 2 nitrogen and oxygen atoms in total. The lowest BCUT2D eigenvalue weighted by Crippen LogP contribution is -2.39. The molecule has 0 bridgehead atoms. The summed E-state index contributed by atoms with van der Waals surface area (Å²) < 4.78 is 0. The number of hydrogen-bond acceptors (Lipinski definition) is 2. The molecule has 0 saturated carbocycles. The SMILES string of the molecule is O=C1C=c2ccccc2=C(c2cccc3ccccc23)C1O. The summed E-state index contributed by atoms with van der Waals surface area (Å²) in [6, 6.07) is 21.7. The van der Waals surface area contributed by atoms with Crippen molar-refractivity contribution in [1.82, 2.24) is 0 Å². The highest BCUT2D eigenvalue weighted by atomic mass is 16.3. The summed E-state index contributed by atoms with van der Waals surface area (Å²) in [7, 11) is 0. The first-order valence-corrected chi connectivity index (χ1v) is 7.27. The molecular weight excluding hydrogens is 272 g/mol. The molecule has 1 atom stereocenters. The zero-order valence-electron chi connectivity index (χ0n) is 11.9. The Morgan fingerprint density at radius 1 is 0.818 bits per heavy atom. The van der Waals surface area contributed by atoms with Crippen molar-refractivity contribution >= 4 is 28.2 Å². The Balaban J connectivity index is 2.18. The van der Waals surface area contributed by atoms with Crippen molar-refractivity contribution in [2.75, 3.05) is 0 Å². The Bertz CT molecular complexity index is 1010. The average Bonchev–Trinajstić information content (AvgIpc) is 2.56. The maximum atomic E-state index is 12.2. The van der Waals surface area contributed by atoms with Crippen molar-refractivity contribution in [3.8, 4) is 0 Å². The van der Waals surface area contributed by atoms with E-state index in [0.29, 0.717) is 5.57 Å². The highest BCUT2D eigenvalue weighted by Crippen LogP contribution is 2.26. The van der Waals surface area contributed by atoms with E-state index in [4.69, 9.17) is 0 Å². The third kappa shape index (κ3) is 1.89. The van der Waals surface area contributed by atoms with Gasteiger partial charge in [0.2, 0.25) is 0 Å². The van der Waals surface area contributed by atoms with Gasteiger partial charge in [0.25, 0.3) is 0 Å². The summed E-state index contributed by atoms with van der Waals surface area (Å²) in [5.41, 5.74) is 1.61. The van der Waals surface area contributed by atoms with Crippen LogP contribution in [-0.4, -0.2) is 17.0 Å². The first kappa shape index (κ1) is 13.0. The van der Waals surface area contributed by atoms with Gasteiger partial charge in [-0.1, -0.05) is 66.7 Å². The second-order valence-corrected chi connectivity index (χ2v) is 5.48. The molecule has 0 spiro atoms. The molecule has 106 valence electrons. The van der Waals surface area contributed by atoms with Crippen molar-refractivity contribution < 1.29 is 9.90 Å². The van der Waals surface area contributed by atoms with Crippen LogP contribution < -0.4 is 10.4 Å². The van der Waals surface area contributed by atoms with Gasteiger partial charge < -0.3 is 5.11 Å². The van der Waals surface area contributed by atoms with Crippen molar-refractivity contribution in [3.63, 3.8) is 0 Å². The fraction of sp³-hybridized carbons (Fsp3) is 0.0500. The number of aliphatic hydroxyl groups is 1. The number of benzene rings is 3. The van der Waals surface area contributed by atoms with Gasteiger partial charge in [0.1, 0.15) is 6.10 Å². The predicted molar refractivity (Wildman–Crippen MR) is 87.6 cm³/mol. The van der Waals surface area contributed by atoms with Gasteiger partial charge in [0.15, 0.2) is 5.78 Å². The first-order valence-electron chi connectivity index (χ1n) is 7.27. The van der Waals surface area contributed by atoms with Crippen LogP contribution in [-0.2, 0) is 4.79 Å². The molecule has 1 aliphatic carbocycles. The Labute approximate surface area is 127 Å². The van der Waals surface area contributed by atoms with Crippen LogP contribution in [0.1, 0.15) is 5.56 Å². The van der Waals surface area contributed by atoms with Crippen LogP contribution in [0.2, 0.25) is 0 Å². The van der Waals surface area contributed by atoms with Gasteiger partial charge in [-0.2, -0.15) is 0 Å². The van der Waals surface area contributed by atoms with Gasteiger partial charge >= 0.3 is 0 Å². The van der Waals surface area contributed by atoms with Crippen LogP contribution >= 0.6 is 0 Å². The van der Waals surface area contributed by atoms with E-state index in [-0.39, 0.29) is 5.78 Å². The van der Waals surface area contributed by atoms with Gasteiger partial charge in [-0.15, -0.1) is 0 Å². The maximum absolute atomic E-state index is 12.2. The number of ketones is 1. The van der Waals surface area contributed by atoms with E-state index >= 15 is 0 Å². The molecule has 3 aromatic rings. The first-order chi connectivity index (χ1) is 10.8. The zero-order chi connectivity index (χ0) is 15.1. The molecule has 0 radical (unpaired) electrons.